The number of aliphatic imine (C=N–C) groups is 2. The van der Waals surface area contributed by atoms with E-state index in [-0.39, 0.29) is 6.04 Å². The van der Waals surface area contributed by atoms with Crippen LogP contribution in [0.15, 0.2) is 22.4 Å². The van der Waals surface area contributed by atoms with E-state index in [0.29, 0.717) is 12.4 Å². The number of nitrogens with one attached hydrogen (secondary N) is 1. The highest BCUT2D eigenvalue weighted by Gasteiger charge is 1.98. The lowest BCUT2D eigenvalue weighted by molar-refractivity contribution is 0.737. The van der Waals surface area contributed by atoms with Crippen molar-refractivity contribution in [2.45, 2.75) is 6.04 Å². The molecule has 0 aromatic carbocycles. The van der Waals surface area contributed by atoms with Crippen molar-refractivity contribution >= 4 is 12.6 Å². The Morgan fingerprint density at radius 1 is 1.80 bits per heavy atom. The molecular weight excluding hydrogens is 128 g/mol. The molecule has 1 heterocycles. The zero-order valence-corrected chi connectivity index (χ0v) is 5.62. The van der Waals surface area contributed by atoms with Gasteiger partial charge in [-0.2, -0.15) is 0 Å². The molecule has 0 radical (unpaired) electrons. The van der Waals surface area contributed by atoms with Gasteiger partial charge in [-0.25, -0.2) is 9.98 Å². The van der Waals surface area contributed by atoms with E-state index in [1.165, 1.54) is 6.34 Å². The van der Waals surface area contributed by atoms with Crippen molar-refractivity contribution in [2.24, 2.45) is 15.7 Å². The monoisotopic (exact) mass is 138 g/mol. The molecule has 54 valence electrons. The van der Waals surface area contributed by atoms with E-state index < -0.39 is 0 Å². The van der Waals surface area contributed by atoms with Crippen molar-refractivity contribution in [1.82, 2.24) is 5.32 Å². The molecule has 0 bridgehead atoms. The summed E-state index contributed by atoms with van der Waals surface area (Å²) >= 11 is 0. The van der Waals surface area contributed by atoms with Crippen LogP contribution in [-0.2, 0) is 0 Å². The Bertz CT molecular complexity index is 182. The molecule has 4 nitrogen and oxygen atoms in total. The maximum Gasteiger partial charge on any atom is 0.120 e. The lowest BCUT2D eigenvalue weighted by atomic mass is 10.3. The van der Waals surface area contributed by atoms with Crippen LogP contribution in [-0.4, -0.2) is 25.1 Å². The maximum atomic E-state index is 5.55. The van der Waals surface area contributed by atoms with Crippen molar-refractivity contribution in [1.29, 1.82) is 0 Å². The van der Waals surface area contributed by atoms with Gasteiger partial charge in [0.1, 0.15) is 12.2 Å². The quantitative estimate of drug-likeness (QED) is 0.473. The molecule has 0 aliphatic carbocycles. The van der Waals surface area contributed by atoms with Gasteiger partial charge in [0.05, 0.1) is 6.04 Å². The fourth-order valence-corrected chi connectivity index (χ4v) is 0.586. The largest absolute Gasteiger partial charge is 0.369 e. The highest BCUT2D eigenvalue weighted by atomic mass is 15.1. The SMILES string of the molecule is C=C1N=CN=CC(N)CN1. The molecule has 1 atom stereocenters. The molecule has 1 aliphatic rings. The average molecular weight is 138 g/mol. The van der Waals surface area contributed by atoms with Crippen LogP contribution in [0.25, 0.3) is 0 Å². The summed E-state index contributed by atoms with van der Waals surface area (Å²) in [6.45, 7) is 4.25. The van der Waals surface area contributed by atoms with Crippen molar-refractivity contribution in [3.05, 3.63) is 12.4 Å². The molecular formula is C6H10N4. The number of nitrogens with two attached hydrogens (primary N) is 1. The van der Waals surface area contributed by atoms with Crippen molar-refractivity contribution in [2.75, 3.05) is 6.54 Å². The van der Waals surface area contributed by atoms with E-state index in [1.54, 1.807) is 6.21 Å². The van der Waals surface area contributed by atoms with Crippen molar-refractivity contribution in [3.63, 3.8) is 0 Å². The summed E-state index contributed by atoms with van der Waals surface area (Å²) in [7, 11) is 0. The predicted molar refractivity (Wildman–Crippen MR) is 42.1 cm³/mol. The standard InChI is InChI=1S/C6H10N4/c1-5-9-3-6(7)2-8-4-10-5/h2,4,6,9H,1,3,7H2. The van der Waals surface area contributed by atoms with E-state index in [2.05, 4.69) is 21.9 Å². The second-order valence-corrected chi connectivity index (χ2v) is 2.03. The summed E-state index contributed by atoms with van der Waals surface area (Å²) in [6, 6.07) is -0.0523. The van der Waals surface area contributed by atoms with E-state index in [9.17, 15) is 0 Å². The third-order valence-electron chi connectivity index (χ3n) is 1.10. The minimum Gasteiger partial charge on any atom is -0.369 e. The number of hydrogen-bond donors (Lipinski definition) is 2. The first kappa shape index (κ1) is 6.95. The molecule has 0 spiro atoms. The summed E-state index contributed by atoms with van der Waals surface area (Å²) in [5, 5.41) is 2.93. The van der Waals surface area contributed by atoms with Gasteiger partial charge in [-0.15, -0.1) is 0 Å². The van der Waals surface area contributed by atoms with Gasteiger partial charge in [-0.1, -0.05) is 6.58 Å². The third kappa shape index (κ3) is 1.99. The van der Waals surface area contributed by atoms with E-state index in [4.69, 9.17) is 5.73 Å². The van der Waals surface area contributed by atoms with Crippen LogP contribution in [0.1, 0.15) is 0 Å². The van der Waals surface area contributed by atoms with Crippen molar-refractivity contribution < 1.29 is 0 Å². The molecule has 0 saturated carbocycles. The van der Waals surface area contributed by atoms with Gasteiger partial charge in [-0.3, -0.25) is 0 Å². The fourth-order valence-electron chi connectivity index (χ4n) is 0.586. The van der Waals surface area contributed by atoms with Gasteiger partial charge in [0, 0.05) is 12.8 Å². The fraction of sp³-hybridized carbons (Fsp3) is 0.333. The first-order valence-corrected chi connectivity index (χ1v) is 3.03. The third-order valence-corrected chi connectivity index (χ3v) is 1.10. The molecule has 10 heavy (non-hydrogen) atoms. The lowest BCUT2D eigenvalue weighted by Gasteiger charge is -2.09. The summed E-state index contributed by atoms with van der Waals surface area (Å²) in [5.74, 6) is 0.604. The molecule has 1 rings (SSSR count). The predicted octanol–water partition coefficient (Wildman–Crippen LogP) is -0.513. The first-order chi connectivity index (χ1) is 4.79. The van der Waals surface area contributed by atoms with Crippen LogP contribution in [0.3, 0.4) is 0 Å². The number of hydrogen-bond acceptors (Lipinski definition) is 4. The smallest absolute Gasteiger partial charge is 0.120 e. The van der Waals surface area contributed by atoms with Crippen LogP contribution in [0.2, 0.25) is 0 Å². The maximum absolute atomic E-state index is 5.55. The molecule has 0 amide bonds. The van der Waals surface area contributed by atoms with Crippen LogP contribution in [0, 0.1) is 0 Å². The van der Waals surface area contributed by atoms with E-state index >= 15 is 0 Å². The minimum atomic E-state index is -0.0523. The van der Waals surface area contributed by atoms with Crippen molar-refractivity contribution in [3.8, 4) is 0 Å². The Balaban J connectivity index is 2.61. The van der Waals surface area contributed by atoms with Crippen LogP contribution < -0.4 is 11.1 Å². The van der Waals surface area contributed by atoms with Crippen LogP contribution in [0.5, 0.6) is 0 Å². The Morgan fingerprint density at radius 2 is 2.60 bits per heavy atom. The molecule has 1 unspecified atom stereocenters. The highest BCUT2D eigenvalue weighted by Crippen LogP contribution is 1.87. The van der Waals surface area contributed by atoms with E-state index in [1.807, 2.05) is 0 Å². The second-order valence-electron chi connectivity index (χ2n) is 2.03. The molecule has 4 heteroatoms. The minimum absolute atomic E-state index is 0.0523. The molecule has 1 aliphatic heterocycles. The second kappa shape index (κ2) is 3.12. The van der Waals surface area contributed by atoms with Crippen LogP contribution in [0.4, 0.5) is 0 Å². The van der Waals surface area contributed by atoms with Crippen LogP contribution >= 0.6 is 0 Å². The Kier molecular flexibility index (Phi) is 2.17. The molecule has 3 N–H and O–H groups in total. The highest BCUT2D eigenvalue weighted by molar-refractivity contribution is 5.76. The first-order valence-electron chi connectivity index (χ1n) is 3.03. The van der Waals surface area contributed by atoms with Gasteiger partial charge in [0.25, 0.3) is 0 Å². The van der Waals surface area contributed by atoms with Gasteiger partial charge in [-0.05, 0) is 0 Å². The summed E-state index contributed by atoms with van der Waals surface area (Å²) in [6.07, 6.45) is 3.07. The molecule has 0 aromatic rings. The van der Waals surface area contributed by atoms with E-state index in [0.717, 1.165) is 0 Å². The topological polar surface area (TPSA) is 62.8 Å². The Labute approximate surface area is 59.5 Å². The number of rotatable bonds is 0. The molecule has 0 aromatic heterocycles. The zero-order valence-electron chi connectivity index (χ0n) is 5.62. The zero-order chi connectivity index (χ0) is 7.40. The normalized spacial score (nSPS) is 25.3. The van der Waals surface area contributed by atoms with Gasteiger partial charge >= 0.3 is 0 Å². The lowest BCUT2D eigenvalue weighted by Crippen LogP contribution is -2.34. The Morgan fingerprint density at radius 3 is 3.40 bits per heavy atom. The summed E-state index contributed by atoms with van der Waals surface area (Å²) in [4.78, 5) is 7.65. The number of nitrogens with zero attached hydrogens (tertiary/aromatic N) is 2. The summed E-state index contributed by atoms with van der Waals surface area (Å²) in [5.41, 5.74) is 5.55. The summed E-state index contributed by atoms with van der Waals surface area (Å²) < 4.78 is 0. The molecule has 0 fully saturated rings. The van der Waals surface area contributed by atoms with Gasteiger partial charge in [0.15, 0.2) is 0 Å². The van der Waals surface area contributed by atoms with Gasteiger partial charge < -0.3 is 11.1 Å². The average Bonchev–Trinajstić information content (AvgIpc) is 1.90. The molecule has 0 saturated heterocycles. The Hall–Kier alpha value is -1.16. The van der Waals surface area contributed by atoms with Gasteiger partial charge in [0.2, 0.25) is 0 Å².